The number of esters is 1. The van der Waals surface area contributed by atoms with Gasteiger partial charge in [-0.05, 0) is 31.5 Å². The number of carbonyl (C=O) groups excluding carboxylic acids is 2. The van der Waals surface area contributed by atoms with E-state index in [0.717, 1.165) is 5.56 Å². The van der Waals surface area contributed by atoms with Crippen LogP contribution in [0.25, 0.3) is 0 Å². The lowest BCUT2D eigenvalue weighted by Crippen LogP contribution is -2.38. The minimum atomic E-state index is -0.532. The SMILES string of the molecule is COC(=O)COc1cccc(CNC(=O)CC(C)(C)N)c1.Cl. The van der Waals surface area contributed by atoms with Gasteiger partial charge < -0.3 is 20.5 Å². The summed E-state index contributed by atoms with van der Waals surface area (Å²) < 4.78 is 9.77. The molecule has 0 spiro atoms. The first-order valence-electron chi connectivity index (χ1n) is 6.64. The molecule has 124 valence electrons. The van der Waals surface area contributed by atoms with Gasteiger partial charge in [-0.2, -0.15) is 0 Å². The predicted molar refractivity (Wildman–Crippen MR) is 85.9 cm³/mol. The molecule has 3 N–H and O–H groups in total. The van der Waals surface area contributed by atoms with E-state index in [4.69, 9.17) is 10.5 Å². The number of hydrogen-bond donors (Lipinski definition) is 2. The van der Waals surface area contributed by atoms with Crippen LogP contribution in [0, 0.1) is 0 Å². The zero-order valence-electron chi connectivity index (χ0n) is 13.0. The number of nitrogens with two attached hydrogens (primary N) is 1. The van der Waals surface area contributed by atoms with Crippen LogP contribution in [0.5, 0.6) is 5.75 Å². The first-order valence-corrected chi connectivity index (χ1v) is 6.64. The van der Waals surface area contributed by atoms with Gasteiger partial charge in [0, 0.05) is 18.5 Å². The van der Waals surface area contributed by atoms with Gasteiger partial charge in [0.1, 0.15) is 5.75 Å². The maximum absolute atomic E-state index is 11.7. The molecule has 1 amide bonds. The van der Waals surface area contributed by atoms with Crippen molar-refractivity contribution in [2.24, 2.45) is 5.73 Å². The standard InChI is InChI=1S/C15H22N2O4.ClH/c1-15(2,16)8-13(18)17-9-11-5-4-6-12(7-11)21-10-14(19)20-3;/h4-7H,8-10,16H2,1-3H3,(H,17,18);1H. The molecule has 0 heterocycles. The molecule has 1 aromatic carbocycles. The molecule has 0 radical (unpaired) electrons. The molecule has 7 heteroatoms. The Morgan fingerprint density at radius 2 is 2.00 bits per heavy atom. The van der Waals surface area contributed by atoms with Gasteiger partial charge in [-0.3, -0.25) is 4.79 Å². The third-order valence-corrected chi connectivity index (χ3v) is 2.59. The van der Waals surface area contributed by atoms with E-state index < -0.39 is 11.5 Å². The van der Waals surface area contributed by atoms with Crippen LogP contribution < -0.4 is 15.8 Å². The molecule has 0 aromatic heterocycles. The largest absolute Gasteiger partial charge is 0.482 e. The van der Waals surface area contributed by atoms with Crippen LogP contribution in [0.3, 0.4) is 0 Å². The summed E-state index contributed by atoms with van der Waals surface area (Å²) in [5.41, 5.74) is 6.13. The van der Waals surface area contributed by atoms with Crippen molar-refractivity contribution in [1.29, 1.82) is 0 Å². The second kappa shape index (κ2) is 9.27. The van der Waals surface area contributed by atoms with E-state index in [2.05, 4.69) is 10.1 Å². The highest BCUT2D eigenvalue weighted by molar-refractivity contribution is 5.85. The molecule has 6 nitrogen and oxygen atoms in total. The van der Waals surface area contributed by atoms with Gasteiger partial charge in [-0.1, -0.05) is 12.1 Å². The molecule has 0 bridgehead atoms. The second-order valence-electron chi connectivity index (χ2n) is 5.45. The Bertz CT molecular complexity index is 501. The summed E-state index contributed by atoms with van der Waals surface area (Å²) in [5, 5.41) is 2.79. The third kappa shape index (κ3) is 8.49. The lowest BCUT2D eigenvalue weighted by molar-refractivity contribution is -0.142. The van der Waals surface area contributed by atoms with E-state index in [9.17, 15) is 9.59 Å². The molecule has 0 saturated carbocycles. The van der Waals surface area contributed by atoms with Gasteiger partial charge in [0.15, 0.2) is 6.61 Å². The molecular weight excluding hydrogens is 308 g/mol. The van der Waals surface area contributed by atoms with Crippen LogP contribution >= 0.6 is 12.4 Å². The van der Waals surface area contributed by atoms with Crippen molar-refractivity contribution < 1.29 is 19.1 Å². The summed E-state index contributed by atoms with van der Waals surface area (Å²) in [7, 11) is 1.30. The zero-order chi connectivity index (χ0) is 15.9. The molecule has 0 fully saturated rings. The van der Waals surface area contributed by atoms with Crippen LogP contribution in [0.15, 0.2) is 24.3 Å². The Hall–Kier alpha value is -1.79. The lowest BCUT2D eigenvalue weighted by atomic mass is 10.0. The summed E-state index contributed by atoms with van der Waals surface area (Å²) in [6.07, 6.45) is 0.255. The van der Waals surface area contributed by atoms with E-state index in [0.29, 0.717) is 12.3 Å². The fourth-order valence-electron chi connectivity index (χ4n) is 1.62. The molecule has 0 aliphatic carbocycles. The van der Waals surface area contributed by atoms with Gasteiger partial charge >= 0.3 is 5.97 Å². The van der Waals surface area contributed by atoms with Gasteiger partial charge in [0.05, 0.1) is 7.11 Å². The Balaban J connectivity index is 0.00000441. The van der Waals surface area contributed by atoms with E-state index in [1.54, 1.807) is 32.0 Å². The molecule has 0 unspecified atom stereocenters. The number of halogens is 1. The van der Waals surface area contributed by atoms with Crippen LogP contribution in [-0.2, 0) is 20.9 Å². The monoisotopic (exact) mass is 330 g/mol. The summed E-state index contributed by atoms with van der Waals surface area (Å²) >= 11 is 0. The summed E-state index contributed by atoms with van der Waals surface area (Å²) in [6, 6.07) is 7.15. The minimum absolute atomic E-state index is 0. The molecule has 1 rings (SSSR count). The zero-order valence-corrected chi connectivity index (χ0v) is 13.9. The topological polar surface area (TPSA) is 90.6 Å². The Morgan fingerprint density at radius 3 is 2.59 bits per heavy atom. The number of rotatable bonds is 7. The van der Waals surface area contributed by atoms with Gasteiger partial charge in [0.2, 0.25) is 5.91 Å². The third-order valence-electron chi connectivity index (χ3n) is 2.59. The van der Waals surface area contributed by atoms with Gasteiger partial charge in [-0.15, -0.1) is 12.4 Å². The molecule has 0 aliphatic rings. The van der Waals surface area contributed by atoms with Crippen LogP contribution in [0.4, 0.5) is 0 Å². The Labute approximate surface area is 136 Å². The van der Waals surface area contributed by atoms with Crippen molar-refractivity contribution in [1.82, 2.24) is 5.32 Å². The van der Waals surface area contributed by atoms with Crippen molar-refractivity contribution in [3.8, 4) is 5.75 Å². The maximum Gasteiger partial charge on any atom is 0.343 e. The van der Waals surface area contributed by atoms with Crippen LogP contribution in [0.2, 0.25) is 0 Å². The highest BCUT2D eigenvalue weighted by atomic mass is 35.5. The van der Waals surface area contributed by atoms with E-state index in [1.807, 2.05) is 6.07 Å². The van der Waals surface area contributed by atoms with Crippen molar-refractivity contribution in [3.63, 3.8) is 0 Å². The molecule has 0 atom stereocenters. The molecule has 0 saturated heterocycles. The first kappa shape index (κ1) is 20.2. The lowest BCUT2D eigenvalue weighted by Gasteiger charge is -2.17. The van der Waals surface area contributed by atoms with Crippen LogP contribution in [-0.4, -0.2) is 31.1 Å². The minimum Gasteiger partial charge on any atom is -0.482 e. The Morgan fingerprint density at radius 1 is 1.32 bits per heavy atom. The van der Waals surface area contributed by atoms with Crippen molar-refractivity contribution in [2.75, 3.05) is 13.7 Å². The average molecular weight is 331 g/mol. The number of nitrogens with one attached hydrogen (secondary N) is 1. The molecule has 0 aliphatic heterocycles. The number of amides is 1. The van der Waals surface area contributed by atoms with Crippen LogP contribution in [0.1, 0.15) is 25.8 Å². The maximum atomic E-state index is 11.7. The summed E-state index contributed by atoms with van der Waals surface area (Å²) in [6.45, 7) is 3.83. The molecule has 1 aromatic rings. The average Bonchev–Trinajstić information content (AvgIpc) is 2.41. The van der Waals surface area contributed by atoms with E-state index >= 15 is 0 Å². The number of methoxy groups -OCH3 is 1. The Kier molecular flexibility index (Phi) is 8.52. The highest BCUT2D eigenvalue weighted by Gasteiger charge is 2.15. The normalized spacial score (nSPS) is 10.4. The second-order valence-corrected chi connectivity index (χ2v) is 5.45. The first-order chi connectivity index (χ1) is 9.80. The van der Waals surface area contributed by atoms with E-state index in [-0.39, 0.29) is 31.3 Å². The summed E-state index contributed by atoms with van der Waals surface area (Å²) in [5.74, 6) is -0.00595. The van der Waals surface area contributed by atoms with Gasteiger partial charge in [-0.25, -0.2) is 4.79 Å². The van der Waals surface area contributed by atoms with E-state index in [1.165, 1.54) is 7.11 Å². The highest BCUT2D eigenvalue weighted by Crippen LogP contribution is 2.13. The van der Waals surface area contributed by atoms with Crippen molar-refractivity contribution >= 4 is 24.3 Å². The van der Waals surface area contributed by atoms with Crippen molar-refractivity contribution in [2.45, 2.75) is 32.4 Å². The fraction of sp³-hybridized carbons (Fsp3) is 0.467. The molecule has 22 heavy (non-hydrogen) atoms. The molecular formula is C15H23ClN2O4. The number of carbonyl (C=O) groups is 2. The van der Waals surface area contributed by atoms with Crippen molar-refractivity contribution in [3.05, 3.63) is 29.8 Å². The summed E-state index contributed by atoms with van der Waals surface area (Å²) in [4.78, 5) is 22.7. The van der Waals surface area contributed by atoms with Gasteiger partial charge in [0.25, 0.3) is 0 Å². The fourth-order valence-corrected chi connectivity index (χ4v) is 1.62. The predicted octanol–water partition coefficient (Wildman–Crippen LogP) is 1.40. The number of ether oxygens (including phenoxy) is 2. The number of hydrogen-bond acceptors (Lipinski definition) is 5. The smallest absolute Gasteiger partial charge is 0.343 e. The quantitative estimate of drug-likeness (QED) is 0.737. The number of benzene rings is 1.